The topological polar surface area (TPSA) is 29.3 Å². The van der Waals surface area contributed by atoms with E-state index in [1.165, 1.54) is 13.0 Å². The smallest absolute Gasteiger partial charge is 0.0219 e. The largest absolute Gasteiger partial charge is 0.326 e. The summed E-state index contributed by atoms with van der Waals surface area (Å²) >= 11 is 0. The number of nitrogens with two attached hydrogens (primary N) is 1. The van der Waals surface area contributed by atoms with Crippen LogP contribution in [-0.2, 0) is 0 Å². The van der Waals surface area contributed by atoms with E-state index in [2.05, 4.69) is 18.7 Å². The molecule has 2 atom stereocenters. The van der Waals surface area contributed by atoms with Crippen LogP contribution in [0.1, 0.15) is 20.3 Å². The van der Waals surface area contributed by atoms with Gasteiger partial charge in [0.25, 0.3) is 0 Å². The molecule has 1 rings (SSSR count). The van der Waals surface area contributed by atoms with Gasteiger partial charge in [0.15, 0.2) is 0 Å². The minimum absolute atomic E-state index is 0.421. The van der Waals surface area contributed by atoms with Crippen molar-refractivity contribution < 1.29 is 0 Å². The van der Waals surface area contributed by atoms with Gasteiger partial charge in [-0.15, -0.1) is 0 Å². The second-order valence-electron chi connectivity index (χ2n) is 2.82. The summed E-state index contributed by atoms with van der Waals surface area (Å²) in [6, 6.07) is 1.03. The standard InChI is InChI=1S/C7H16N2/c1-3-9-5-4-7(8)6(9)2/h6-7H,3-5,8H2,1-2H3/t6-,7-/m1/s1. The summed E-state index contributed by atoms with van der Waals surface area (Å²) in [7, 11) is 0. The highest BCUT2D eigenvalue weighted by atomic mass is 15.2. The first-order valence-electron chi connectivity index (χ1n) is 3.75. The first-order valence-corrected chi connectivity index (χ1v) is 3.75. The van der Waals surface area contributed by atoms with Gasteiger partial charge in [0.05, 0.1) is 0 Å². The van der Waals surface area contributed by atoms with E-state index in [9.17, 15) is 0 Å². The molecule has 0 unspecified atom stereocenters. The summed E-state index contributed by atoms with van der Waals surface area (Å²) in [6.07, 6.45) is 1.18. The Morgan fingerprint density at radius 2 is 2.33 bits per heavy atom. The molecular weight excluding hydrogens is 112 g/mol. The molecule has 54 valence electrons. The van der Waals surface area contributed by atoms with Crippen molar-refractivity contribution in [2.45, 2.75) is 32.4 Å². The molecule has 1 fully saturated rings. The van der Waals surface area contributed by atoms with Crippen LogP contribution in [0.15, 0.2) is 0 Å². The fourth-order valence-corrected chi connectivity index (χ4v) is 1.48. The van der Waals surface area contributed by atoms with E-state index in [4.69, 9.17) is 5.73 Å². The van der Waals surface area contributed by atoms with E-state index < -0.39 is 0 Å². The first kappa shape index (κ1) is 7.03. The molecule has 2 N–H and O–H groups in total. The quantitative estimate of drug-likeness (QED) is 0.555. The number of hydrogen-bond donors (Lipinski definition) is 1. The van der Waals surface area contributed by atoms with Crippen molar-refractivity contribution in [1.29, 1.82) is 0 Å². The fraction of sp³-hybridized carbons (Fsp3) is 1.00. The third-order valence-electron chi connectivity index (χ3n) is 2.35. The number of nitrogens with zero attached hydrogens (tertiary/aromatic N) is 1. The zero-order valence-electron chi connectivity index (χ0n) is 6.30. The van der Waals surface area contributed by atoms with Crippen LogP contribution in [0.2, 0.25) is 0 Å². The Morgan fingerprint density at radius 1 is 1.67 bits per heavy atom. The number of hydrogen-bond acceptors (Lipinski definition) is 2. The van der Waals surface area contributed by atoms with Crippen LogP contribution >= 0.6 is 0 Å². The van der Waals surface area contributed by atoms with Crippen molar-refractivity contribution in [1.82, 2.24) is 4.90 Å². The van der Waals surface area contributed by atoms with E-state index >= 15 is 0 Å². The molecule has 0 amide bonds. The Balaban J connectivity index is 2.41. The van der Waals surface area contributed by atoms with Crippen molar-refractivity contribution in [2.75, 3.05) is 13.1 Å². The molecule has 1 aliphatic rings. The van der Waals surface area contributed by atoms with Crippen molar-refractivity contribution in [3.8, 4) is 0 Å². The summed E-state index contributed by atoms with van der Waals surface area (Å²) < 4.78 is 0. The van der Waals surface area contributed by atoms with Crippen molar-refractivity contribution in [2.24, 2.45) is 5.73 Å². The monoisotopic (exact) mass is 128 g/mol. The minimum Gasteiger partial charge on any atom is -0.326 e. The summed E-state index contributed by atoms with van der Waals surface area (Å²) in [5.74, 6) is 0. The molecule has 0 saturated carbocycles. The van der Waals surface area contributed by atoms with Gasteiger partial charge in [-0.2, -0.15) is 0 Å². The molecule has 0 spiro atoms. The molecule has 0 aromatic rings. The maximum Gasteiger partial charge on any atom is 0.0219 e. The molecule has 0 aliphatic carbocycles. The Hall–Kier alpha value is -0.0800. The molecule has 1 heterocycles. The lowest BCUT2D eigenvalue weighted by Gasteiger charge is -2.20. The highest BCUT2D eigenvalue weighted by Gasteiger charge is 2.25. The number of likely N-dealkylation sites (tertiary alicyclic amines) is 1. The van der Waals surface area contributed by atoms with Crippen LogP contribution in [0.25, 0.3) is 0 Å². The second kappa shape index (κ2) is 2.67. The van der Waals surface area contributed by atoms with Crippen LogP contribution in [0.4, 0.5) is 0 Å². The van der Waals surface area contributed by atoms with Gasteiger partial charge in [-0.3, -0.25) is 4.90 Å². The Morgan fingerprint density at radius 3 is 2.56 bits per heavy atom. The normalized spacial score (nSPS) is 37.7. The van der Waals surface area contributed by atoms with Gasteiger partial charge < -0.3 is 5.73 Å². The van der Waals surface area contributed by atoms with E-state index in [0.717, 1.165) is 6.54 Å². The average Bonchev–Trinajstić information content (AvgIpc) is 2.15. The predicted octanol–water partition coefficient (Wildman–Crippen LogP) is 0.428. The minimum atomic E-state index is 0.421. The molecule has 2 nitrogen and oxygen atoms in total. The Kier molecular flexibility index (Phi) is 2.09. The molecular formula is C7H16N2. The van der Waals surface area contributed by atoms with Crippen LogP contribution in [0.5, 0.6) is 0 Å². The van der Waals surface area contributed by atoms with E-state index in [1.807, 2.05) is 0 Å². The molecule has 2 heteroatoms. The number of likely N-dealkylation sites (N-methyl/N-ethyl adjacent to an activating group) is 1. The third kappa shape index (κ3) is 1.25. The summed E-state index contributed by atoms with van der Waals surface area (Å²) in [5.41, 5.74) is 5.80. The fourth-order valence-electron chi connectivity index (χ4n) is 1.48. The molecule has 0 aromatic carbocycles. The van der Waals surface area contributed by atoms with Gasteiger partial charge in [0, 0.05) is 12.1 Å². The molecule has 0 bridgehead atoms. The zero-order valence-corrected chi connectivity index (χ0v) is 6.30. The van der Waals surface area contributed by atoms with Crippen molar-refractivity contribution in [3.05, 3.63) is 0 Å². The third-order valence-corrected chi connectivity index (χ3v) is 2.35. The van der Waals surface area contributed by atoms with Gasteiger partial charge in [-0.25, -0.2) is 0 Å². The predicted molar refractivity (Wildman–Crippen MR) is 39.3 cm³/mol. The summed E-state index contributed by atoms with van der Waals surface area (Å²) in [5, 5.41) is 0. The maximum atomic E-state index is 5.80. The highest BCUT2D eigenvalue weighted by Crippen LogP contribution is 2.14. The van der Waals surface area contributed by atoms with E-state index in [-0.39, 0.29) is 0 Å². The second-order valence-corrected chi connectivity index (χ2v) is 2.82. The molecule has 0 radical (unpaired) electrons. The van der Waals surface area contributed by atoms with Crippen molar-refractivity contribution >= 4 is 0 Å². The summed E-state index contributed by atoms with van der Waals surface area (Å²) in [6.45, 7) is 6.74. The van der Waals surface area contributed by atoms with Gasteiger partial charge in [-0.1, -0.05) is 6.92 Å². The van der Waals surface area contributed by atoms with E-state index in [1.54, 1.807) is 0 Å². The molecule has 1 aliphatic heterocycles. The van der Waals surface area contributed by atoms with Crippen LogP contribution in [-0.4, -0.2) is 30.1 Å². The lowest BCUT2D eigenvalue weighted by Crippen LogP contribution is -2.36. The van der Waals surface area contributed by atoms with Gasteiger partial charge >= 0.3 is 0 Å². The van der Waals surface area contributed by atoms with Crippen molar-refractivity contribution in [3.63, 3.8) is 0 Å². The lowest BCUT2D eigenvalue weighted by molar-refractivity contribution is 0.274. The Bertz CT molecular complexity index is 92.9. The lowest BCUT2D eigenvalue weighted by atomic mass is 10.2. The first-order chi connectivity index (χ1) is 4.25. The summed E-state index contributed by atoms with van der Waals surface area (Å²) in [4.78, 5) is 2.42. The molecule has 0 aromatic heterocycles. The van der Waals surface area contributed by atoms with Gasteiger partial charge in [0.1, 0.15) is 0 Å². The molecule has 9 heavy (non-hydrogen) atoms. The SMILES string of the molecule is CCN1CC[C@@H](N)[C@H]1C. The van der Waals surface area contributed by atoms with E-state index in [0.29, 0.717) is 12.1 Å². The van der Waals surface area contributed by atoms with Crippen LogP contribution < -0.4 is 5.73 Å². The average molecular weight is 128 g/mol. The zero-order chi connectivity index (χ0) is 6.85. The van der Waals surface area contributed by atoms with Gasteiger partial charge in [-0.05, 0) is 26.4 Å². The highest BCUT2D eigenvalue weighted by molar-refractivity contribution is 4.85. The maximum absolute atomic E-state index is 5.80. The Labute approximate surface area is 57.0 Å². The molecule has 1 saturated heterocycles. The van der Waals surface area contributed by atoms with Crippen LogP contribution in [0, 0.1) is 0 Å². The number of rotatable bonds is 1. The van der Waals surface area contributed by atoms with Gasteiger partial charge in [0.2, 0.25) is 0 Å². The van der Waals surface area contributed by atoms with Crippen LogP contribution in [0.3, 0.4) is 0 Å².